The van der Waals surface area contributed by atoms with E-state index in [1.807, 2.05) is 6.92 Å². The van der Waals surface area contributed by atoms with Crippen LogP contribution < -0.4 is 15.8 Å². The second kappa shape index (κ2) is 9.80. The van der Waals surface area contributed by atoms with E-state index < -0.39 is 29.6 Å². The highest BCUT2D eigenvalue weighted by atomic mass is 32.2. The number of ether oxygens (including phenoxy) is 2. The lowest BCUT2D eigenvalue weighted by atomic mass is 9.78. The number of carbonyl (C=O) groups excluding carboxylic acids is 3. The molecule has 0 saturated carbocycles. The van der Waals surface area contributed by atoms with Gasteiger partial charge in [0.1, 0.15) is 11.7 Å². The van der Waals surface area contributed by atoms with E-state index in [9.17, 15) is 19.6 Å². The third kappa shape index (κ3) is 4.64. The van der Waals surface area contributed by atoms with Gasteiger partial charge in [-0.3, -0.25) is 14.4 Å². The van der Waals surface area contributed by atoms with E-state index in [-0.39, 0.29) is 23.0 Å². The number of nitriles is 1. The van der Waals surface area contributed by atoms with Gasteiger partial charge in [-0.05, 0) is 19.9 Å². The zero-order chi connectivity index (χ0) is 20.7. The van der Waals surface area contributed by atoms with Gasteiger partial charge >= 0.3 is 5.97 Å². The summed E-state index contributed by atoms with van der Waals surface area (Å²) in [5, 5.41) is 12.6. The molecule has 3 N–H and O–H groups in total. The molecule has 9 heteroatoms. The minimum Gasteiger partial charge on any atom is -0.494 e. The fourth-order valence-electron chi connectivity index (χ4n) is 2.93. The van der Waals surface area contributed by atoms with E-state index >= 15 is 0 Å². The number of benzene rings is 1. The summed E-state index contributed by atoms with van der Waals surface area (Å²) in [6.07, 6.45) is 0. The minimum atomic E-state index is -1.26. The lowest BCUT2D eigenvalue weighted by Gasteiger charge is -2.31. The monoisotopic (exact) mass is 403 g/mol. The highest BCUT2D eigenvalue weighted by molar-refractivity contribution is 8.03. The van der Waals surface area contributed by atoms with Crippen molar-refractivity contribution in [1.82, 2.24) is 5.32 Å². The van der Waals surface area contributed by atoms with Crippen molar-refractivity contribution in [2.75, 3.05) is 19.0 Å². The first kappa shape index (κ1) is 21.3. The van der Waals surface area contributed by atoms with Gasteiger partial charge in [-0.2, -0.15) is 5.26 Å². The largest absolute Gasteiger partial charge is 0.494 e. The summed E-state index contributed by atoms with van der Waals surface area (Å²) < 4.78 is 10.7. The molecule has 1 aliphatic rings. The van der Waals surface area contributed by atoms with Crippen LogP contribution in [-0.2, 0) is 19.1 Å². The number of esters is 1. The SMILES string of the molecule is CCOC(=O)[C@@H]1C(=O)NC(SCC(N)=O)=C(C#N)[C@H]1c1ccccc1OCC. The van der Waals surface area contributed by atoms with Crippen LogP contribution in [0.5, 0.6) is 5.75 Å². The van der Waals surface area contributed by atoms with Crippen LogP contribution in [-0.4, -0.2) is 36.8 Å². The fraction of sp³-hybridized carbons (Fsp3) is 0.368. The van der Waals surface area contributed by atoms with Crippen molar-refractivity contribution in [2.45, 2.75) is 19.8 Å². The van der Waals surface area contributed by atoms with Gasteiger partial charge in [0.05, 0.1) is 35.6 Å². The molecule has 2 amide bonds. The van der Waals surface area contributed by atoms with Crippen LogP contribution in [0.15, 0.2) is 34.9 Å². The van der Waals surface area contributed by atoms with E-state index in [1.54, 1.807) is 31.2 Å². The number of nitrogens with one attached hydrogen (secondary N) is 1. The van der Waals surface area contributed by atoms with Gasteiger partial charge in [-0.15, -0.1) is 0 Å². The number of primary amides is 1. The first-order valence-electron chi connectivity index (χ1n) is 8.69. The van der Waals surface area contributed by atoms with Gasteiger partial charge in [0.15, 0.2) is 0 Å². The first-order chi connectivity index (χ1) is 13.4. The highest BCUT2D eigenvalue weighted by Crippen LogP contribution is 2.43. The van der Waals surface area contributed by atoms with Crippen molar-refractivity contribution in [3.05, 3.63) is 40.4 Å². The van der Waals surface area contributed by atoms with E-state index in [2.05, 4.69) is 11.4 Å². The molecule has 28 heavy (non-hydrogen) atoms. The molecule has 0 spiro atoms. The maximum absolute atomic E-state index is 12.8. The smallest absolute Gasteiger partial charge is 0.319 e. The van der Waals surface area contributed by atoms with Crippen molar-refractivity contribution in [2.24, 2.45) is 11.7 Å². The number of allylic oxidation sites excluding steroid dienone is 1. The van der Waals surface area contributed by atoms with Gasteiger partial charge in [0, 0.05) is 11.5 Å². The molecule has 0 saturated heterocycles. The third-order valence-corrected chi connectivity index (χ3v) is 5.02. The Morgan fingerprint density at radius 1 is 1.29 bits per heavy atom. The van der Waals surface area contributed by atoms with Crippen LogP contribution in [0, 0.1) is 17.2 Å². The summed E-state index contributed by atoms with van der Waals surface area (Å²) in [5.41, 5.74) is 5.85. The second-order valence-corrected chi connectivity index (χ2v) is 6.76. The Balaban J connectivity index is 2.64. The van der Waals surface area contributed by atoms with Crippen molar-refractivity contribution in [3.8, 4) is 11.8 Å². The van der Waals surface area contributed by atoms with E-state index in [0.29, 0.717) is 17.9 Å². The number of nitrogens with two attached hydrogens (primary N) is 1. The van der Waals surface area contributed by atoms with Crippen molar-refractivity contribution in [3.63, 3.8) is 0 Å². The molecular weight excluding hydrogens is 382 g/mol. The van der Waals surface area contributed by atoms with Gasteiger partial charge in [0.2, 0.25) is 11.8 Å². The standard InChI is InChI=1S/C19H21N3O5S/c1-3-26-13-8-6-5-7-11(13)15-12(9-20)18(28-10-14(21)23)22-17(24)16(15)19(25)27-4-2/h5-8,15-16H,3-4,10H2,1-2H3,(H2,21,23)(H,22,24)/t15-,16+/m1/s1. The Bertz CT molecular complexity index is 846. The molecule has 1 aromatic rings. The normalized spacial score (nSPS) is 18.8. The number of nitrogens with zero attached hydrogens (tertiary/aromatic N) is 1. The molecule has 0 radical (unpaired) electrons. The number of hydrogen-bond acceptors (Lipinski definition) is 7. The molecular formula is C19H21N3O5S. The predicted molar refractivity (Wildman–Crippen MR) is 103 cm³/mol. The number of rotatable bonds is 8. The molecule has 8 nitrogen and oxygen atoms in total. The minimum absolute atomic E-state index is 0.0946. The van der Waals surface area contributed by atoms with E-state index in [0.717, 1.165) is 11.8 Å². The highest BCUT2D eigenvalue weighted by Gasteiger charge is 2.45. The molecule has 1 aliphatic heterocycles. The average molecular weight is 403 g/mol. The Morgan fingerprint density at radius 2 is 2.00 bits per heavy atom. The summed E-state index contributed by atoms with van der Waals surface area (Å²) in [4.78, 5) is 36.5. The molecule has 1 aromatic carbocycles. The quantitative estimate of drug-likeness (QED) is 0.496. The summed E-state index contributed by atoms with van der Waals surface area (Å²) in [6.45, 7) is 3.91. The summed E-state index contributed by atoms with van der Waals surface area (Å²) in [7, 11) is 0. The van der Waals surface area contributed by atoms with E-state index in [1.165, 1.54) is 0 Å². The average Bonchev–Trinajstić information content (AvgIpc) is 2.66. The number of thioether (sulfide) groups is 1. The first-order valence-corrected chi connectivity index (χ1v) is 9.67. The maximum Gasteiger partial charge on any atom is 0.319 e. The number of amides is 2. The summed E-state index contributed by atoms with van der Waals surface area (Å²) in [5.74, 6) is -3.76. The molecule has 2 rings (SSSR count). The Morgan fingerprint density at radius 3 is 2.61 bits per heavy atom. The second-order valence-electron chi connectivity index (χ2n) is 5.78. The van der Waals surface area contributed by atoms with Crippen LogP contribution in [0.4, 0.5) is 0 Å². The molecule has 148 valence electrons. The number of para-hydroxylation sites is 1. The van der Waals surface area contributed by atoms with Crippen LogP contribution >= 0.6 is 11.8 Å². The Hall–Kier alpha value is -2.99. The maximum atomic E-state index is 12.8. The molecule has 0 aromatic heterocycles. The third-order valence-electron chi connectivity index (χ3n) is 3.98. The molecule has 1 heterocycles. The Labute approximate surface area is 167 Å². The van der Waals surface area contributed by atoms with E-state index in [4.69, 9.17) is 15.2 Å². The van der Waals surface area contributed by atoms with Crippen molar-refractivity contribution >= 4 is 29.5 Å². The number of hydrogen-bond donors (Lipinski definition) is 2. The van der Waals surface area contributed by atoms with Crippen LogP contribution in [0.1, 0.15) is 25.3 Å². The molecule has 0 fully saturated rings. The predicted octanol–water partition coefficient (Wildman–Crippen LogP) is 1.43. The zero-order valence-electron chi connectivity index (χ0n) is 15.6. The van der Waals surface area contributed by atoms with Gasteiger partial charge < -0.3 is 20.5 Å². The molecule has 0 unspecified atom stereocenters. The summed E-state index contributed by atoms with van der Waals surface area (Å²) in [6, 6.07) is 8.97. The van der Waals surface area contributed by atoms with Crippen LogP contribution in [0.25, 0.3) is 0 Å². The van der Waals surface area contributed by atoms with Crippen molar-refractivity contribution in [1.29, 1.82) is 5.26 Å². The lowest BCUT2D eigenvalue weighted by molar-refractivity contribution is -0.152. The topological polar surface area (TPSA) is 132 Å². The lowest BCUT2D eigenvalue weighted by Crippen LogP contribution is -2.44. The summed E-state index contributed by atoms with van der Waals surface area (Å²) >= 11 is 0.944. The zero-order valence-corrected chi connectivity index (χ0v) is 16.4. The fourth-order valence-corrected chi connectivity index (χ4v) is 3.72. The molecule has 0 bridgehead atoms. The molecule has 0 aliphatic carbocycles. The molecule has 2 atom stereocenters. The van der Waals surface area contributed by atoms with Crippen LogP contribution in [0.2, 0.25) is 0 Å². The number of carbonyl (C=O) groups is 3. The van der Waals surface area contributed by atoms with Gasteiger partial charge in [-0.25, -0.2) is 0 Å². The van der Waals surface area contributed by atoms with Crippen molar-refractivity contribution < 1.29 is 23.9 Å². The van der Waals surface area contributed by atoms with Gasteiger partial charge in [0.25, 0.3) is 0 Å². The van der Waals surface area contributed by atoms with Crippen LogP contribution in [0.3, 0.4) is 0 Å². The Kier molecular flexibility index (Phi) is 7.46. The van der Waals surface area contributed by atoms with Gasteiger partial charge in [-0.1, -0.05) is 30.0 Å².